The number of aromatic nitrogens is 1. The van der Waals surface area contributed by atoms with Gasteiger partial charge in [-0.3, -0.25) is 14.8 Å². The van der Waals surface area contributed by atoms with Crippen molar-refractivity contribution in [1.29, 1.82) is 5.26 Å². The molecule has 1 heterocycles. The second-order valence-electron chi connectivity index (χ2n) is 7.36. The van der Waals surface area contributed by atoms with Gasteiger partial charge in [-0.1, -0.05) is 30.3 Å². The van der Waals surface area contributed by atoms with E-state index < -0.39 is 33.4 Å². The van der Waals surface area contributed by atoms with E-state index in [-0.39, 0.29) is 21.2 Å². The minimum atomic E-state index is -4.77. The van der Waals surface area contributed by atoms with Crippen molar-refractivity contribution in [1.82, 2.24) is 4.98 Å². The highest BCUT2D eigenvalue weighted by atomic mass is 32.2. The highest BCUT2D eigenvalue weighted by Crippen LogP contribution is 2.34. The number of nitrogens with zero attached hydrogens (tertiary/aromatic N) is 2. The molecule has 0 saturated heterocycles. The van der Waals surface area contributed by atoms with Crippen molar-refractivity contribution in [3.8, 4) is 17.3 Å². The van der Waals surface area contributed by atoms with Gasteiger partial charge in [-0.15, -0.1) is 11.3 Å². The normalized spacial score (nSPS) is 11.5. The molecule has 3 aromatic carbocycles. The zero-order valence-corrected chi connectivity index (χ0v) is 19.7. The molecule has 2 N–H and O–H groups in total. The lowest BCUT2D eigenvalue weighted by atomic mass is 10.1. The Labute approximate surface area is 207 Å². The smallest absolute Gasteiger partial charge is 0.298 e. The first-order chi connectivity index (χ1) is 17.1. The van der Waals surface area contributed by atoms with Gasteiger partial charge in [0.2, 0.25) is 0 Å². The molecule has 0 saturated carbocycles. The molecule has 0 unspecified atom stereocenters. The number of benzene rings is 3. The molecule has 1 aromatic heterocycles. The molecule has 4 aromatic rings. The Morgan fingerprint density at radius 2 is 1.69 bits per heavy atom. The summed E-state index contributed by atoms with van der Waals surface area (Å²) in [5, 5.41) is 13.3. The SMILES string of the molecule is N#Cc1ccc(S(=O)(=O)Nc2cc(C(F)(F)F)ccc2C(=O)Nc2nc(-c3ccccc3)cs2)cc1. The van der Waals surface area contributed by atoms with Crippen LogP contribution < -0.4 is 10.0 Å². The number of alkyl halides is 3. The minimum absolute atomic E-state index is 0.180. The Kier molecular flexibility index (Phi) is 6.78. The molecule has 0 atom stereocenters. The summed E-state index contributed by atoms with van der Waals surface area (Å²) in [5.74, 6) is -0.852. The number of anilines is 2. The fourth-order valence-electron chi connectivity index (χ4n) is 3.15. The van der Waals surface area contributed by atoms with Crippen molar-refractivity contribution in [2.45, 2.75) is 11.1 Å². The fraction of sp³-hybridized carbons (Fsp3) is 0.0417. The first kappa shape index (κ1) is 24.9. The topological polar surface area (TPSA) is 112 Å². The van der Waals surface area contributed by atoms with Crippen LogP contribution >= 0.6 is 11.3 Å². The van der Waals surface area contributed by atoms with E-state index in [1.807, 2.05) is 36.4 Å². The van der Waals surface area contributed by atoms with Crippen LogP contribution in [0.3, 0.4) is 0 Å². The average Bonchev–Trinajstić information content (AvgIpc) is 3.32. The van der Waals surface area contributed by atoms with Gasteiger partial charge < -0.3 is 0 Å². The number of nitrogens with one attached hydrogen (secondary N) is 2. The number of halogens is 3. The highest BCUT2D eigenvalue weighted by Gasteiger charge is 2.32. The van der Waals surface area contributed by atoms with Gasteiger partial charge in [0.1, 0.15) is 0 Å². The van der Waals surface area contributed by atoms with Crippen LogP contribution in [0.4, 0.5) is 24.0 Å². The average molecular weight is 529 g/mol. The molecule has 0 aliphatic heterocycles. The van der Waals surface area contributed by atoms with Crippen molar-refractivity contribution in [3.63, 3.8) is 0 Å². The van der Waals surface area contributed by atoms with E-state index >= 15 is 0 Å². The van der Waals surface area contributed by atoms with E-state index in [1.165, 1.54) is 12.1 Å². The first-order valence-corrected chi connectivity index (χ1v) is 12.5. The van der Waals surface area contributed by atoms with Gasteiger partial charge in [-0.25, -0.2) is 13.4 Å². The Hall–Kier alpha value is -4.21. The van der Waals surface area contributed by atoms with Gasteiger partial charge >= 0.3 is 6.18 Å². The molecule has 0 bridgehead atoms. The lowest BCUT2D eigenvalue weighted by Gasteiger charge is -2.15. The number of carbonyl (C=O) groups is 1. The third-order valence-corrected chi connectivity index (χ3v) is 7.06. The van der Waals surface area contributed by atoms with E-state index in [1.54, 1.807) is 5.38 Å². The zero-order chi connectivity index (χ0) is 25.9. The maximum Gasteiger partial charge on any atom is 0.416 e. The van der Waals surface area contributed by atoms with Crippen LogP contribution in [0.15, 0.2) is 83.1 Å². The molecule has 12 heteroatoms. The molecular formula is C24H15F3N4O3S2. The maximum absolute atomic E-state index is 13.3. The Bertz CT molecular complexity index is 1560. The van der Waals surface area contributed by atoms with Crippen LogP contribution in [0.1, 0.15) is 21.5 Å². The number of amides is 1. The van der Waals surface area contributed by atoms with E-state index in [9.17, 15) is 26.4 Å². The third kappa shape index (κ3) is 5.54. The van der Waals surface area contributed by atoms with E-state index in [2.05, 4.69) is 15.0 Å². The molecule has 4 rings (SSSR count). The molecule has 36 heavy (non-hydrogen) atoms. The summed E-state index contributed by atoms with van der Waals surface area (Å²) in [7, 11) is -4.38. The zero-order valence-electron chi connectivity index (χ0n) is 18.1. The minimum Gasteiger partial charge on any atom is -0.298 e. The first-order valence-electron chi connectivity index (χ1n) is 10.1. The molecule has 182 valence electrons. The summed E-state index contributed by atoms with van der Waals surface area (Å²) in [5.41, 5.74) is -0.448. The van der Waals surface area contributed by atoms with Crippen molar-refractivity contribution in [3.05, 3.63) is 94.9 Å². The van der Waals surface area contributed by atoms with Gasteiger partial charge in [-0.2, -0.15) is 18.4 Å². The molecule has 0 aliphatic carbocycles. The number of sulfonamides is 1. The van der Waals surface area contributed by atoms with Gasteiger partial charge in [0.25, 0.3) is 15.9 Å². The molecular weight excluding hydrogens is 513 g/mol. The van der Waals surface area contributed by atoms with Crippen LogP contribution in [0.25, 0.3) is 11.3 Å². The highest BCUT2D eigenvalue weighted by molar-refractivity contribution is 7.92. The van der Waals surface area contributed by atoms with Gasteiger partial charge in [-0.05, 0) is 42.5 Å². The third-order valence-electron chi connectivity index (χ3n) is 4.92. The number of hydrogen-bond acceptors (Lipinski definition) is 6. The fourth-order valence-corrected chi connectivity index (χ4v) is 4.94. The Balaban J connectivity index is 1.66. The van der Waals surface area contributed by atoms with E-state index in [4.69, 9.17) is 5.26 Å². The summed E-state index contributed by atoms with van der Waals surface area (Å²) < 4.78 is 67.7. The van der Waals surface area contributed by atoms with Crippen molar-refractivity contribution < 1.29 is 26.4 Å². The van der Waals surface area contributed by atoms with Crippen molar-refractivity contribution in [2.75, 3.05) is 10.0 Å². The Morgan fingerprint density at radius 1 is 1.00 bits per heavy atom. The second-order valence-corrected chi connectivity index (χ2v) is 9.90. The number of thiazole rings is 1. The van der Waals surface area contributed by atoms with Gasteiger partial charge in [0.05, 0.1) is 39.0 Å². The maximum atomic E-state index is 13.3. The molecule has 0 spiro atoms. The summed E-state index contributed by atoms with van der Waals surface area (Å²) >= 11 is 1.11. The quantitative estimate of drug-likeness (QED) is 0.331. The number of rotatable bonds is 6. The monoisotopic (exact) mass is 528 g/mol. The van der Waals surface area contributed by atoms with Crippen LogP contribution in [-0.2, 0) is 16.2 Å². The van der Waals surface area contributed by atoms with Crippen molar-refractivity contribution in [2.24, 2.45) is 0 Å². The van der Waals surface area contributed by atoms with Crippen molar-refractivity contribution >= 4 is 38.1 Å². The molecule has 0 fully saturated rings. The predicted octanol–water partition coefficient (Wildman–Crippen LogP) is 5.75. The van der Waals surface area contributed by atoms with Crippen LogP contribution in [0.5, 0.6) is 0 Å². The predicted molar refractivity (Wildman–Crippen MR) is 129 cm³/mol. The number of carbonyl (C=O) groups excluding carboxylic acids is 1. The van der Waals surface area contributed by atoms with Crippen LogP contribution in [0, 0.1) is 11.3 Å². The molecule has 0 radical (unpaired) electrons. The van der Waals surface area contributed by atoms with Gasteiger partial charge in [0.15, 0.2) is 5.13 Å². The lowest BCUT2D eigenvalue weighted by molar-refractivity contribution is -0.137. The molecule has 1 amide bonds. The second kappa shape index (κ2) is 9.80. The standard InChI is InChI=1S/C24H15F3N4O3S2/c25-24(26,27)17-8-11-19(20(12-17)31-36(33,34)18-9-6-15(13-28)7-10-18)22(32)30-23-29-21(14-35-23)16-4-2-1-3-5-16/h1-12,14,31H,(H,29,30,32). The largest absolute Gasteiger partial charge is 0.416 e. The Morgan fingerprint density at radius 3 is 2.33 bits per heavy atom. The van der Waals surface area contributed by atoms with Gasteiger partial charge in [0, 0.05) is 10.9 Å². The number of nitriles is 1. The summed E-state index contributed by atoms with van der Waals surface area (Å²) in [6, 6.07) is 17.9. The van der Waals surface area contributed by atoms with Crippen LogP contribution in [0.2, 0.25) is 0 Å². The molecule has 0 aliphatic rings. The van der Waals surface area contributed by atoms with E-state index in [0.29, 0.717) is 17.8 Å². The lowest BCUT2D eigenvalue weighted by Crippen LogP contribution is -2.20. The summed E-state index contributed by atoms with van der Waals surface area (Å²) in [6.45, 7) is 0. The van der Waals surface area contributed by atoms with Crippen LogP contribution in [-0.4, -0.2) is 19.3 Å². The van der Waals surface area contributed by atoms with E-state index in [0.717, 1.165) is 35.1 Å². The summed E-state index contributed by atoms with van der Waals surface area (Å²) in [6.07, 6.45) is -4.77. The summed E-state index contributed by atoms with van der Waals surface area (Å²) in [4.78, 5) is 17.0. The number of hydrogen-bond donors (Lipinski definition) is 2. The molecule has 7 nitrogen and oxygen atoms in total.